The Kier molecular flexibility index (Phi) is 1.96. The van der Waals surface area contributed by atoms with E-state index in [9.17, 15) is 0 Å². The fraction of sp³-hybridized carbons (Fsp3) is 1.00. The molecular formula is C4H8S4. The van der Waals surface area contributed by atoms with Gasteiger partial charge in [0.15, 0.2) is 0 Å². The average molecular weight is 184 g/mol. The van der Waals surface area contributed by atoms with Gasteiger partial charge in [-0.25, -0.2) is 0 Å². The molecule has 8 heavy (non-hydrogen) atoms. The first kappa shape index (κ1) is 6.13. The zero-order chi connectivity index (χ0) is 5.40. The fourth-order valence-electron chi connectivity index (χ4n) is 0.695. The van der Waals surface area contributed by atoms with E-state index in [0.29, 0.717) is 9.93 Å². The number of thiol groups is 1. The second-order valence-corrected chi connectivity index (χ2v) is 10.3. The summed E-state index contributed by atoms with van der Waals surface area (Å²) in [6.07, 6.45) is 1.52. The van der Waals surface area contributed by atoms with E-state index < -0.39 is 0 Å². The highest BCUT2D eigenvalue weighted by molar-refractivity contribution is 9.22. The predicted octanol–water partition coefficient (Wildman–Crippen LogP) is 2.72. The molecular weight excluding hydrogens is 176 g/mol. The maximum Gasteiger partial charge on any atom is 0.0428 e. The third-order valence-electron chi connectivity index (χ3n) is 1.32. The Hall–Kier alpha value is 1.40. The van der Waals surface area contributed by atoms with E-state index in [1.165, 1.54) is 17.3 Å². The standard InChI is InChI=1S/C4H8S4/c1-2-5-4(1)8-3-6-7-8/h4,8H,1-3H2. The topological polar surface area (TPSA) is 0 Å². The summed E-state index contributed by atoms with van der Waals surface area (Å²) < 4.78 is 1.11. The summed E-state index contributed by atoms with van der Waals surface area (Å²) in [6.45, 7) is 0. The molecule has 0 radical (unpaired) electrons. The van der Waals surface area contributed by atoms with E-state index in [2.05, 4.69) is 32.4 Å². The first-order valence-corrected chi connectivity index (χ1v) is 8.21. The van der Waals surface area contributed by atoms with E-state index in [4.69, 9.17) is 0 Å². The number of hydrogen-bond donors (Lipinski definition) is 1. The lowest BCUT2D eigenvalue weighted by molar-refractivity contribution is 1.01. The van der Waals surface area contributed by atoms with Gasteiger partial charge >= 0.3 is 0 Å². The largest absolute Gasteiger partial charge is 0.172 e. The average Bonchev–Trinajstić information content (AvgIpc) is 1.47. The summed E-state index contributed by atoms with van der Waals surface area (Å²) in [5.74, 6) is 1.44. The third kappa shape index (κ3) is 1.00. The summed E-state index contributed by atoms with van der Waals surface area (Å²) in [6, 6.07) is 0. The van der Waals surface area contributed by atoms with Crippen LogP contribution in [0.1, 0.15) is 6.42 Å². The quantitative estimate of drug-likeness (QED) is 0.492. The monoisotopic (exact) mass is 184 g/mol. The van der Waals surface area contributed by atoms with Crippen LogP contribution in [0.4, 0.5) is 0 Å². The Labute approximate surface area is 64.1 Å². The van der Waals surface area contributed by atoms with Crippen molar-refractivity contribution in [3.63, 3.8) is 0 Å². The number of rotatable bonds is 1. The fourth-order valence-corrected chi connectivity index (χ4v) is 9.95. The van der Waals surface area contributed by atoms with Crippen LogP contribution in [0.5, 0.6) is 0 Å². The van der Waals surface area contributed by atoms with Crippen molar-refractivity contribution in [2.75, 3.05) is 10.8 Å². The van der Waals surface area contributed by atoms with E-state index >= 15 is 0 Å². The summed E-state index contributed by atoms with van der Waals surface area (Å²) in [7, 11) is 4.68. The first-order valence-electron chi connectivity index (χ1n) is 2.64. The van der Waals surface area contributed by atoms with Crippen molar-refractivity contribution in [2.24, 2.45) is 0 Å². The molecule has 2 aliphatic heterocycles. The van der Waals surface area contributed by atoms with Gasteiger partial charge in [-0.2, -0.15) is 9.93 Å². The van der Waals surface area contributed by atoms with Gasteiger partial charge in [0.05, 0.1) is 0 Å². The molecule has 0 aromatic rings. The summed E-state index contributed by atoms with van der Waals surface area (Å²) in [5, 5.41) is 1.48. The molecule has 0 nitrogen and oxygen atoms in total. The SMILES string of the molecule is C1CC([SH]2CSS2)S1. The zero-order valence-corrected chi connectivity index (χ0v) is 7.71. The molecule has 2 unspecified atom stereocenters. The Morgan fingerprint density at radius 1 is 1.50 bits per heavy atom. The van der Waals surface area contributed by atoms with Gasteiger partial charge in [0.1, 0.15) is 0 Å². The molecule has 0 N–H and O–H groups in total. The maximum absolute atomic E-state index is 2.18. The van der Waals surface area contributed by atoms with Crippen LogP contribution < -0.4 is 0 Å². The molecule has 2 fully saturated rings. The van der Waals surface area contributed by atoms with Crippen molar-refractivity contribution in [1.29, 1.82) is 0 Å². The van der Waals surface area contributed by atoms with Crippen molar-refractivity contribution in [3.05, 3.63) is 0 Å². The maximum atomic E-state index is 2.18. The molecule has 0 aromatic carbocycles. The third-order valence-corrected chi connectivity index (χ3v) is 12.9. The predicted molar refractivity (Wildman–Crippen MR) is 49.9 cm³/mol. The summed E-state index contributed by atoms with van der Waals surface area (Å²) >= 11 is 2.18. The van der Waals surface area contributed by atoms with Crippen LogP contribution in [0.2, 0.25) is 0 Å². The minimum absolute atomic E-state index is 0.470. The molecule has 0 aromatic heterocycles. The van der Waals surface area contributed by atoms with Gasteiger partial charge in [-0.1, -0.05) is 10.8 Å². The summed E-state index contributed by atoms with van der Waals surface area (Å²) in [5.41, 5.74) is 0. The van der Waals surface area contributed by atoms with Crippen LogP contribution in [0.15, 0.2) is 0 Å². The van der Waals surface area contributed by atoms with Crippen LogP contribution in [0, 0.1) is 0 Å². The van der Waals surface area contributed by atoms with Gasteiger partial charge < -0.3 is 0 Å². The Balaban J connectivity index is 1.79. The lowest BCUT2D eigenvalue weighted by Gasteiger charge is -2.40. The molecule has 4 heteroatoms. The normalized spacial score (nSPS) is 49.5. The second-order valence-electron chi connectivity index (χ2n) is 1.85. The molecule has 0 bridgehead atoms. The van der Waals surface area contributed by atoms with Crippen LogP contribution in [-0.2, 0) is 0 Å². The first-order chi connectivity index (χ1) is 3.97. The van der Waals surface area contributed by atoms with Crippen molar-refractivity contribution >= 4 is 42.3 Å². The molecule has 2 rings (SSSR count). The molecule has 0 saturated carbocycles. The van der Waals surface area contributed by atoms with E-state index in [-0.39, 0.29) is 0 Å². The van der Waals surface area contributed by atoms with Gasteiger partial charge in [-0.05, 0) is 22.0 Å². The molecule has 2 atom stereocenters. The van der Waals surface area contributed by atoms with E-state index in [1.54, 1.807) is 0 Å². The highest BCUT2D eigenvalue weighted by Gasteiger charge is 2.30. The van der Waals surface area contributed by atoms with Gasteiger partial charge in [0.2, 0.25) is 0 Å². The van der Waals surface area contributed by atoms with E-state index in [0.717, 1.165) is 4.58 Å². The van der Waals surface area contributed by atoms with Crippen molar-refractivity contribution < 1.29 is 0 Å². The highest BCUT2D eigenvalue weighted by Crippen LogP contribution is 2.69. The van der Waals surface area contributed by atoms with Gasteiger partial charge in [0.25, 0.3) is 0 Å². The number of thioether (sulfide) groups is 1. The highest BCUT2D eigenvalue weighted by atomic mass is 33.5. The molecule has 2 saturated heterocycles. The Bertz CT molecular complexity index is 74.0. The van der Waals surface area contributed by atoms with Crippen LogP contribution in [0.3, 0.4) is 0 Å². The lowest BCUT2D eigenvalue weighted by atomic mass is 10.5. The molecule has 2 heterocycles. The van der Waals surface area contributed by atoms with Crippen molar-refractivity contribution in [2.45, 2.75) is 11.0 Å². The summed E-state index contributed by atoms with van der Waals surface area (Å²) in [4.78, 5) is 0. The molecule has 0 aliphatic carbocycles. The van der Waals surface area contributed by atoms with Crippen molar-refractivity contribution in [1.82, 2.24) is 0 Å². The van der Waals surface area contributed by atoms with Crippen LogP contribution in [0.25, 0.3) is 0 Å². The minimum Gasteiger partial charge on any atom is -0.172 e. The zero-order valence-electron chi connectivity index (χ0n) is 4.37. The molecule has 48 valence electrons. The number of hydrogen-bond acceptors (Lipinski definition) is 3. The second kappa shape index (κ2) is 2.56. The molecule has 0 spiro atoms. The smallest absolute Gasteiger partial charge is 0.0428 e. The molecule has 2 aliphatic rings. The van der Waals surface area contributed by atoms with E-state index in [1.807, 2.05) is 0 Å². The Morgan fingerprint density at radius 2 is 2.25 bits per heavy atom. The van der Waals surface area contributed by atoms with Crippen molar-refractivity contribution in [3.8, 4) is 0 Å². The van der Waals surface area contributed by atoms with Gasteiger partial charge in [0, 0.05) is 9.67 Å². The van der Waals surface area contributed by atoms with Gasteiger partial charge in [-0.3, -0.25) is 0 Å². The van der Waals surface area contributed by atoms with Gasteiger partial charge in [-0.15, -0.1) is 11.8 Å². The minimum atomic E-state index is 0.470. The van der Waals surface area contributed by atoms with Crippen LogP contribution >= 0.6 is 42.3 Å². The van der Waals surface area contributed by atoms with Crippen LogP contribution in [-0.4, -0.2) is 15.4 Å². The Morgan fingerprint density at radius 3 is 2.38 bits per heavy atom. The molecule has 0 amide bonds. The lowest BCUT2D eigenvalue weighted by Crippen LogP contribution is -2.16.